The Balaban J connectivity index is 2.12. The molecule has 17 heavy (non-hydrogen) atoms. The Bertz CT molecular complexity index is 347. The van der Waals surface area contributed by atoms with E-state index in [-0.39, 0.29) is 6.04 Å². The van der Waals surface area contributed by atoms with E-state index in [0.717, 1.165) is 31.9 Å². The lowest BCUT2D eigenvalue weighted by Gasteiger charge is -2.28. The van der Waals surface area contributed by atoms with Gasteiger partial charge in [0.05, 0.1) is 12.1 Å². The van der Waals surface area contributed by atoms with Crippen molar-refractivity contribution in [3.63, 3.8) is 0 Å². The molecule has 1 aromatic heterocycles. The minimum Gasteiger partial charge on any atom is -0.381 e. The van der Waals surface area contributed by atoms with Crippen molar-refractivity contribution in [3.8, 4) is 0 Å². The number of nitrogens with zero attached hydrogens (tertiary/aromatic N) is 4. The Kier molecular flexibility index (Phi) is 4.06. The van der Waals surface area contributed by atoms with E-state index in [4.69, 9.17) is 4.74 Å². The molecule has 2 rings (SSSR count). The highest BCUT2D eigenvalue weighted by Crippen LogP contribution is 2.28. The number of aromatic nitrogens is 4. The van der Waals surface area contributed by atoms with Gasteiger partial charge in [0.1, 0.15) is 0 Å². The van der Waals surface area contributed by atoms with Gasteiger partial charge in [-0.15, -0.1) is 5.10 Å². The van der Waals surface area contributed by atoms with Crippen molar-refractivity contribution < 1.29 is 4.74 Å². The highest BCUT2D eigenvalue weighted by molar-refractivity contribution is 4.92. The maximum absolute atomic E-state index is 5.39. The largest absolute Gasteiger partial charge is 0.381 e. The molecule has 1 N–H and O–H groups in total. The van der Waals surface area contributed by atoms with Crippen molar-refractivity contribution in [1.29, 1.82) is 0 Å². The summed E-state index contributed by atoms with van der Waals surface area (Å²) in [4.78, 5) is 0. The summed E-state index contributed by atoms with van der Waals surface area (Å²) in [6.07, 6.45) is 2.18. The van der Waals surface area contributed by atoms with Crippen LogP contribution in [0.1, 0.15) is 44.6 Å². The van der Waals surface area contributed by atoms with Gasteiger partial charge >= 0.3 is 0 Å². The second-order valence-electron chi connectivity index (χ2n) is 4.68. The van der Waals surface area contributed by atoms with Gasteiger partial charge in [-0.1, -0.05) is 0 Å². The summed E-state index contributed by atoms with van der Waals surface area (Å²) in [5, 5.41) is 15.2. The molecule has 0 aliphatic carbocycles. The van der Waals surface area contributed by atoms with Crippen molar-refractivity contribution in [1.82, 2.24) is 25.5 Å². The van der Waals surface area contributed by atoms with Crippen molar-refractivity contribution in [2.75, 3.05) is 20.3 Å². The molecule has 1 fully saturated rings. The average Bonchev–Trinajstić information content (AvgIpc) is 2.87. The summed E-state index contributed by atoms with van der Waals surface area (Å²) in [5.74, 6) is 1.52. The summed E-state index contributed by atoms with van der Waals surface area (Å²) in [5.41, 5.74) is 0. The fourth-order valence-electron chi connectivity index (χ4n) is 2.30. The zero-order valence-electron chi connectivity index (χ0n) is 10.8. The minimum atomic E-state index is 0.173. The molecule has 0 saturated carbocycles. The van der Waals surface area contributed by atoms with Gasteiger partial charge in [0.25, 0.3) is 0 Å². The smallest absolute Gasteiger partial charge is 0.168 e. The van der Waals surface area contributed by atoms with Crippen LogP contribution in [0.5, 0.6) is 0 Å². The van der Waals surface area contributed by atoms with E-state index in [2.05, 4.69) is 34.7 Å². The molecule has 2 heterocycles. The van der Waals surface area contributed by atoms with Gasteiger partial charge in [0.2, 0.25) is 0 Å². The number of tetrazole rings is 1. The molecule has 2 atom stereocenters. The van der Waals surface area contributed by atoms with E-state index in [9.17, 15) is 0 Å². The van der Waals surface area contributed by atoms with Crippen LogP contribution in [0.4, 0.5) is 0 Å². The van der Waals surface area contributed by atoms with Gasteiger partial charge in [0.15, 0.2) is 5.82 Å². The summed E-state index contributed by atoms with van der Waals surface area (Å²) >= 11 is 0. The SMILES string of the molecule is CNC(C)c1nnnn1C(C)C1CCOCC1. The molecule has 0 spiro atoms. The van der Waals surface area contributed by atoms with E-state index in [0.29, 0.717) is 12.0 Å². The quantitative estimate of drug-likeness (QED) is 0.847. The van der Waals surface area contributed by atoms with Gasteiger partial charge in [-0.25, -0.2) is 4.68 Å². The van der Waals surface area contributed by atoms with Crippen LogP contribution in [0.3, 0.4) is 0 Å². The van der Waals surface area contributed by atoms with Crippen molar-refractivity contribution in [3.05, 3.63) is 5.82 Å². The van der Waals surface area contributed by atoms with Gasteiger partial charge in [-0.3, -0.25) is 0 Å². The van der Waals surface area contributed by atoms with Crippen molar-refractivity contribution >= 4 is 0 Å². The summed E-state index contributed by atoms with van der Waals surface area (Å²) in [7, 11) is 1.92. The fraction of sp³-hybridized carbons (Fsp3) is 0.909. The third-order valence-electron chi connectivity index (χ3n) is 3.67. The Morgan fingerprint density at radius 2 is 2.06 bits per heavy atom. The maximum Gasteiger partial charge on any atom is 0.168 e. The zero-order chi connectivity index (χ0) is 12.3. The second kappa shape index (κ2) is 5.55. The first-order valence-corrected chi connectivity index (χ1v) is 6.26. The molecule has 0 radical (unpaired) electrons. The lowest BCUT2D eigenvalue weighted by atomic mass is 9.93. The molecule has 0 amide bonds. The topological polar surface area (TPSA) is 64.9 Å². The number of ether oxygens (including phenoxy) is 1. The van der Waals surface area contributed by atoms with Crippen LogP contribution in [-0.4, -0.2) is 40.5 Å². The third kappa shape index (κ3) is 2.63. The molecule has 6 heteroatoms. The highest BCUT2D eigenvalue weighted by Gasteiger charge is 2.26. The molecule has 0 aromatic carbocycles. The normalized spacial score (nSPS) is 21.4. The molecule has 2 unspecified atom stereocenters. The Morgan fingerprint density at radius 1 is 1.35 bits per heavy atom. The van der Waals surface area contributed by atoms with Crippen LogP contribution >= 0.6 is 0 Å². The zero-order valence-corrected chi connectivity index (χ0v) is 10.8. The van der Waals surface area contributed by atoms with E-state index >= 15 is 0 Å². The van der Waals surface area contributed by atoms with Crippen LogP contribution in [-0.2, 0) is 4.74 Å². The first-order chi connectivity index (χ1) is 8.24. The molecule has 1 aliphatic heterocycles. The Labute approximate surface area is 102 Å². The van der Waals surface area contributed by atoms with E-state index in [1.54, 1.807) is 0 Å². The summed E-state index contributed by atoms with van der Waals surface area (Å²) in [6, 6.07) is 0.506. The first-order valence-electron chi connectivity index (χ1n) is 6.26. The Morgan fingerprint density at radius 3 is 2.71 bits per heavy atom. The molecule has 1 aliphatic rings. The molecule has 1 aromatic rings. The Hall–Kier alpha value is -1.01. The predicted molar refractivity (Wildman–Crippen MR) is 63.5 cm³/mol. The summed E-state index contributed by atoms with van der Waals surface area (Å²) in [6.45, 7) is 5.97. The highest BCUT2D eigenvalue weighted by atomic mass is 16.5. The molecule has 96 valence electrons. The molecule has 0 bridgehead atoms. The van der Waals surface area contributed by atoms with Gasteiger partial charge < -0.3 is 10.1 Å². The second-order valence-corrected chi connectivity index (χ2v) is 4.68. The average molecular weight is 239 g/mol. The van der Waals surface area contributed by atoms with Crippen LogP contribution in [0.15, 0.2) is 0 Å². The predicted octanol–water partition coefficient (Wildman–Crippen LogP) is 0.941. The van der Waals surface area contributed by atoms with Crippen molar-refractivity contribution in [2.24, 2.45) is 5.92 Å². The summed E-state index contributed by atoms with van der Waals surface area (Å²) < 4.78 is 7.35. The molecule has 1 saturated heterocycles. The van der Waals surface area contributed by atoms with Gasteiger partial charge in [0, 0.05) is 13.2 Å². The van der Waals surface area contributed by atoms with E-state index in [1.807, 2.05) is 11.7 Å². The van der Waals surface area contributed by atoms with E-state index < -0.39 is 0 Å². The molecule has 6 nitrogen and oxygen atoms in total. The lowest BCUT2D eigenvalue weighted by molar-refractivity contribution is 0.0486. The van der Waals surface area contributed by atoms with Crippen molar-refractivity contribution in [2.45, 2.75) is 38.8 Å². The van der Waals surface area contributed by atoms with E-state index in [1.165, 1.54) is 0 Å². The van der Waals surface area contributed by atoms with Crippen LogP contribution < -0.4 is 5.32 Å². The van der Waals surface area contributed by atoms with Gasteiger partial charge in [-0.2, -0.15) is 0 Å². The van der Waals surface area contributed by atoms with Crippen LogP contribution in [0, 0.1) is 5.92 Å². The first kappa shape index (κ1) is 12.4. The number of hydrogen-bond donors (Lipinski definition) is 1. The number of rotatable bonds is 4. The maximum atomic E-state index is 5.39. The number of nitrogens with one attached hydrogen (secondary N) is 1. The van der Waals surface area contributed by atoms with Crippen LogP contribution in [0.25, 0.3) is 0 Å². The molecular formula is C11H21N5O. The van der Waals surface area contributed by atoms with Crippen LogP contribution in [0.2, 0.25) is 0 Å². The monoisotopic (exact) mass is 239 g/mol. The molecular weight excluding hydrogens is 218 g/mol. The minimum absolute atomic E-state index is 0.173. The standard InChI is InChI=1S/C11H21N5O/c1-8(12-3)11-13-14-15-16(11)9(2)10-4-6-17-7-5-10/h8-10,12H,4-7H2,1-3H3. The lowest BCUT2D eigenvalue weighted by Crippen LogP contribution is -2.28. The van der Waals surface area contributed by atoms with Gasteiger partial charge in [-0.05, 0) is 50.1 Å². The third-order valence-corrected chi connectivity index (χ3v) is 3.67. The fourth-order valence-corrected chi connectivity index (χ4v) is 2.30. The number of hydrogen-bond acceptors (Lipinski definition) is 5.